The molecular weight excluding hydrogens is 292 g/mol. The molecule has 0 aromatic rings. The molecule has 128 valence electrons. The van der Waals surface area contributed by atoms with E-state index in [1.165, 1.54) is 12.8 Å². The number of carbonyl (C=O) groups excluding carboxylic acids is 1. The number of amides is 1. The number of rotatable bonds is 4. The second-order valence-electron chi connectivity index (χ2n) is 7.26. The number of ether oxygens (including phenoxy) is 1. The van der Waals surface area contributed by atoms with E-state index in [2.05, 4.69) is 21.8 Å². The first kappa shape index (κ1) is 16.3. The summed E-state index contributed by atoms with van der Waals surface area (Å²) in [5, 5.41) is 3.36. The van der Waals surface area contributed by atoms with Crippen molar-refractivity contribution >= 4 is 11.9 Å². The van der Waals surface area contributed by atoms with Gasteiger partial charge in [-0.15, -0.1) is 0 Å². The van der Waals surface area contributed by atoms with Crippen LogP contribution in [-0.4, -0.2) is 74.1 Å². The Kier molecular flexibility index (Phi) is 4.62. The zero-order valence-corrected chi connectivity index (χ0v) is 14.4. The van der Waals surface area contributed by atoms with Crippen molar-refractivity contribution in [1.82, 2.24) is 15.1 Å². The summed E-state index contributed by atoms with van der Waals surface area (Å²) in [5.41, 5.74) is 1.06. The van der Waals surface area contributed by atoms with Crippen LogP contribution in [0.3, 0.4) is 0 Å². The standard InChI is InChI=1S/C17H28N4O2/c1-11(2)7-18-17(19-8-16(22)20(3)4)21-9-12-13(10-21)15-6-5-14(12)23-15/h12-15H,1,5-10H2,2-4H3,(H,18,19). The number of hydrogen-bond donors (Lipinski definition) is 1. The summed E-state index contributed by atoms with van der Waals surface area (Å²) in [6, 6.07) is 0. The van der Waals surface area contributed by atoms with Gasteiger partial charge in [0.05, 0.1) is 12.2 Å². The van der Waals surface area contributed by atoms with Crippen molar-refractivity contribution in [2.75, 3.05) is 40.3 Å². The van der Waals surface area contributed by atoms with Crippen molar-refractivity contribution in [2.45, 2.75) is 32.0 Å². The van der Waals surface area contributed by atoms with Gasteiger partial charge in [0.25, 0.3) is 0 Å². The Morgan fingerprint density at radius 2 is 1.91 bits per heavy atom. The number of guanidine groups is 1. The lowest BCUT2D eigenvalue weighted by atomic mass is 9.82. The van der Waals surface area contributed by atoms with Crippen LogP contribution in [0.15, 0.2) is 17.1 Å². The Hall–Kier alpha value is -1.56. The van der Waals surface area contributed by atoms with Crippen molar-refractivity contribution in [2.24, 2.45) is 16.8 Å². The zero-order chi connectivity index (χ0) is 16.6. The summed E-state index contributed by atoms with van der Waals surface area (Å²) < 4.78 is 6.03. The number of nitrogens with zero attached hydrogens (tertiary/aromatic N) is 3. The second-order valence-corrected chi connectivity index (χ2v) is 7.26. The van der Waals surface area contributed by atoms with E-state index in [4.69, 9.17) is 4.74 Å². The summed E-state index contributed by atoms with van der Waals surface area (Å²) in [4.78, 5) is 20.3. The fraction of sp³-hybridized carbons (Fsp3) is 0.765. The molecule has 6 heteroatoms. The third-order valence-electron chi connectivity index (χ3n) is 5.16. The summed E-state index contributed by atoms with van der Waals surface area (Å²) in [5.74, 6) is 2.09. The Labute approximate surface area is 138 Å². The molecule has 3 heterocycles. The van der Waals surface area contributed by atoms with Crippen molar-refractivity contribution in [3.8, 4) is 0 Å². The molecule has 0 aromatic carbocycles. The van der Waals surface area contributed by atoms with Crippen molar-refractivity contribution < 1.29 is 9.53 Å². The number of likely N-dealkylation sites (tertiary alicyclic amines) is 1. The van der Waals surface area contributed by atoms with E-state index in [9.17, 15) is 4.79 Å². The number of aliphatic imine (C=N–C) groups is 1. The summed E-state index contributed by atoms with van der Waals surface area (Å²) in [6.07, 6.45) is 3.26. The largest absolute Gasteiger partial charge is 0.374 e. The predicted octanol–water partition coefficient (Wildman–Crippen LogP) is 0.706. The van der Waals surface area contributed by atoms with Crippen LogP contribution in [0.4, 0.5) is 0 Å². The van der Waals surface area contributed by atoms with Crippen LogP contribution < -0.4 is 5.32 Å². The van der Waals surface area contributed by atoms with Gasteiger partial charge in [-0.05, 0) is 19.8 Å². The van der Waals surface area contributed by atoms with Crippen LogP contribution >= 0.6 is 0 Å². The molecule has 4 atom stereocenters. The van der Waals surface area contributed by atoms with E-state index in [0.717, 1.165) is 24.6 Å². The third kappa shape index (κ3) is 3.37. The molecule has 3 aliphatic heterocycles. The normalized spacial score (nSPS) is 32.1. The van der Waals surface area contributed by atoms with E-state index in [1.807, 2.05) is 6.92 Å². The number of hydrogen-bond acceptors (Lipinski definition) is 3. The first-order valence-electron chi connectivity index (χ1n) is 8.49. The van der Waals surface area contributed by atoms with E-state index in [1.54, 1.807) is 19.0 Å². The maximum absolute atomic E-state index is 11.8. The smallest absolute Gasteiger partial charge is 0.243 e. The minimum atomic E-state index is 0.0161. The van der Waals surface area contributed by atoms with Gasteiger partial charge in [-0.3, -0.25) is 4.79 Å². The highest BCUT2D eigenvalue weighted by molar-refractivity contribution is 5.85. The van der Waals surface area contributed by atoms with Gasteiger partial charge in [0.2, 0.25) is 5.91 Å². The Bertz CT molecular complexity index is 499. The van der Waals surface area contributed by atoms with Gasteiger partial charge in [-0.25, -0.2) is 4.99 Å². The lowest BCUT2D eigenvalue weighted by molar-refractivity contribution is -0.127. The lowest BCUT2D eigenvalue weighted by Crippen LogP contribution is -2.42. The van der Waals surface area contributed by atoms with E-state index in [0.29, 0.717) is 30.6 Å². The zero-order valence-electron chi connectivity index (χ0n) is 14.4. The average molecular weight is 320 g/mol. The van der Waals surface area contributed by atoms with Crippen LogP contribution in [-0.2, 0) is 9.53 Å². The molecule has 3 fully saturated rings. The number of fused-ring (bicyclic) bond motifs is 5. The molecule has 0 saturated carbocycles. The van der Waals surface area contributed by atoms with Gasteiger partial charge in [-0.1, -0.05) is 12.2 Å². The summed E-state index contributed by atoms with van der Waals surface area (Å²) in [7, 11) is 3.52. The molecule has 23 heavy (non-hydrogen) atoms. The Balaban J connectivity index is 1.67. The number of carbonyl (C=O) groups is 1. The fourth-order valence-corrected chi connectivity index (χ4v) is 3.91. The summed E-state index contributed by atoms with van der Waals surface area (Å²) >= 11 is 0. The first-order chi connectivity index (χ1) is 11.0. The number of nitrogens with one attached hydrogen (secondary N) is 1. The van der Waals surface area contributed by atoms with Gasteiger partial charge >= 0.3 is 0 Å². The number of likely N-dealkylation sites (N-methyl/N-ethyl adjacent to an activating group) is 1. The van der Waals surface area contributed by atoms with Gasteiger partial charge in [0, 0.05) is 45.6 Å². The van der Waals surface area contributed by atoms with Crippen LogP contribution in [0.2, 0.25) is 0 Å². The molecule has 6 nitrogen and oxygen atoms in total. The monoisotopic (exact) mass is 320 g/mol. The molecule has 1 amide bonds. The molecule has 2 bridgehead atoms. The average Bonchev–Trinajstić information content (AvgIpc) is 3.18. The topological polar surface area (TPSA) is 57.2 Å². The predicted molar refractivity (Wildman–Crippen MR) is 90.3 cm³/mol. The van der Waals surface area contributed by atoms with Crippen molar-refractivity contribution in [3.63, 3.8) is 0 Å². The van der Waals surface area contributed by atoms with Gasteiger partial charge in [0.1, 0.15) is 6.54 Å². The van der Waals surface area contributed by atoms with Gasteiger partial charge in [0.15, 0.2) is 5.96 Å². The van der Waals surface area contributed by atoms with Crippen LogP contribution in [0.25, 0.3) is 0 Å². The van der Waals surface area contributed by atoms with Crippen LogP contribution in [0, 0.1) is 11.8 Å². The van der Waals surface area contributed by atoms with Crippen molar-refractivity contribution in [1.29, 1.82) is 0 Å². The first-order valence-corrected chi connectivity index (χ1v) is 8.49. The highest BCUT2D eigenvalue weighted by atomic mass is 16.5. The molecule has 0 radical (unpaired) electrons. The fourth-order valence-electron chi connectivity index (χ4n) is 3.91. The summed E-state index contributed by atoms with van der Waals surface area (Å²) in [6.45, 7) is 8.74. The Morgan fingerprint density at radius 1 is 1.30 bits per heavy atom. The minimum absolute atomic E-state index is 0.0161. The molecule has 3 saturated heterocycles. The maximum Gasteiger partial charge on any atom is 0.243 e. The second kappa shape index (κ2) is 6.51. The molecular formula is C17H28N4O2. The molecule has 0 aromatic heterocycles. The highest BCUT2D eigenvalue weighted by Crippen LogP contribution is 2.47. The van der Waals surface area contributed by atoms with E-state index in [-0.39, 0.29) is 12.5 Å². The highest BCUT2D eigenvalue weighted by Gasteiger charge is 2.53. The molecule has 1 N–H and O–H groups in total. The molecule has 4 unspecified atom stereocenters. The quantitative estimate of drug-likeness (QED) is 0.471. The minimum Gasteiger partial charge on any atom is -0.374 e. The third-order valence-corrected chi connectivity index (χ3v) is 5.16. The van der Waals surface area contributed by atoms with E-state index >= 15 is 0 Å². The molecule has 0 aliphatic carbocycles. The van der Waals surface area contributed by atoms with Crippen LogP contribution in [0.1, 0.15) is 19.8 Å². The van der Waals surface area contributed by atoms with Gasteiger partial charge < -0.3 is 19.9 Å². The van der Waals surface area contributed by atoms with Crippen LogP contribution in [0.5, 0.6) is 0 Å². The molecule has 3 aliphatic rings. The van der Waals surface area contributed by atoms with Crippen molar-refractivity contribution in [3.05, 3.63) is 12.2 Å². The Morgan fingerprint density at radius 3 is 2.43 bits per heavy atom. The van der Waals surface area contributed by atoms with Gasteiger partial charge in [-0.2, -0.15) is 0 Å². The SMILES string of the molecule is C=C(C)CNC(=NCC(=O)N(C)C)N1CC2C3CCC(O3)C2C1. The molecule has 3 rings (SSSR count). The molecule has 0 spiro atoms. The lowest BCUT2D eigenvalue weighted by Gasteiger charge is -2.24. The maximum atomic E-state index is 11.8. The van der Waals surface area contributed by atoms with E-state index < -0.39 is 0 Å².